The number of benzene rings is 1. The molecule has 4 N–H and O–H groups in total. The first kappa shape index (κ1) is 10.9. The van der Waals surface area contributed by atoms with Gasteiger partial charge in [0.2, 0.25) is 0 Å². The van der Waals surface area contributed by atoms with Crippen LogP contribution in [0.4, 0.5) is 5.69 Å². The standard InChI is InChI=1S/C10H14ClN3/c1-2-5-14-9-4-3-7(10(12)13)6-8(9)11/h3-4,6,14H,2,5H2,1H3,(H3,12,13). The van der Waals surface area contributed by atoms with Gasteiger partial charge in [-0.1, -0.05) is 18.5 Å². The van der Waals surface area contributed by atoms with Gasteiger partial charge in [-0.05, 0) is 24.6 Å². The van der Waals surface area contributed by atoms with Crippen molar-refractivity contribution >= 4 is 23.1 Å². The second kappa shape index (κ2) is 4.86. The normalized spacial score (nSPS) is 9.86. The highest BCUT2D eigenvalue weighted by Crippen LogP contribution is 2.22. The summed E-state index contributed by atoms with van der Waals surface area (Å²) in [6.45, 7) is 2.98. The summed E-state index contributed by atoms with van der Waals surface area (Å²) in [5, 5.41) is 11.0. The van der Waals surface area contributed by atoms with Crippen LogP contribution in [0.3, 0.4) is 0 Å². The molecule has 76 valence electrons. The van der Waals surface area contributed by atoms with Crippen molar-refractivity contribution in [2.24, 2.45) is 5.73 Å². The zero-order chi connectivity index (χ0) is 10.6. The lowest BCUT2D eigenvalue weighted by atomic mass is 10.2. The molecule has 0 aromatic heterocycles. The number of hydrogen-bond donors (Lipinski definition) is 3. The van der Waals surface area contributed by atoms with E-state index in [-0.39, 0.29) is 5.84 Å². The summed E-state index contributed by atoms with van der Waals surface area (Å²) in [7, 11) is 0. The van der Waals surface area contributed by atoms with Crippen LogP contribution in [0.15, 0.2) is 18.2 Å². The summed E-state index contributed by atoms with van der Waals surface area (Å²) in [5.41, 5.74) is 6.87. The SMILES string of the molecule is CCCNc1ccc(C(=N)N)cc1Cl. The highest BCUT2D eigenvalue weighted by molar-refractivity contribution is 6.33. The van der Waals surface area contributed by atoms with Gasteiger partial charge < -0.3 is 11.1 Å². The molecule has 0 heterocycles. The van der Waals surface area contributed by atoms with Gasteiger partial charge in [-0.3, -0.25) is 5.41 Å². The smallest absolute Gasteiger partial charge is 0.122 e. The highest BCUT2D eigenvalue weighted by Gasteiger charge is 2.02. The number of amidine groups is 1. The molecule has 14 heavy (non-hydrogen) atoms. The van der Waals surface area contributed by atoms with Crippen molar-refractivity contribution in [3.05, 3.63) is 28.8 Å². The van der Waals surface area contributed by atoms with Crippen LogP contribution in [0.1, 0.15) is 18.9 Å². The summed E-state index contributed by atoms with van der Waals surface area (Å²) < 4.78 is 0. The van der Waals surface area contributed by atoms with E-state index >= 15 is 0 Å². The Kier molecular flexibility index (Phi) is 3.77. The predicted molar refractivity (Wildman–Crippen MR) is 61.2 cm³/mol. The van der Waals surface area contributed by atoms with E-state index in [9.17, 15) is 0 Å². The lowest BCUT2D eigenvalue weighted by Crippen LogP contribution is -2.11. The lowest BCUT2D eigenvalue weighted by Gasteiger charge is -2.08. The highest BCUT2D eigenvalue weighted by atomic mass is 35.5. The molecule has 0 saturated carbocycles. The molecule has 0 radical (unpaired) electrons. The molecule has 0 aliphatic heterocycles. The number of nitrogens with two attached hydrogens (primary N) is 1. The van der Waals surface area contributed by atoms with E-state index in [0.29, 0.717) is 10.6 Å². The second-order valence-corrected chi connectivity index (χ2v) is 3.44. The fourth-order valence-electron chi connectivity index (χ4n) is 1.09. The predicted octanol–water partition coefficient (Wildman–Crippen LogP) is 2.45. The molecule has 1 aromatic rings. The average molecular weight is 212 g/mol. The maximum Gasteiger partial charge on any atom is 0.122 e. The zero-order valence-corrected chi connectivity index (χ0v) is 8.86. The number of rotatable bonds is 4. The maximum atomic E-state index is 7.24. The number of halogens is 1. The fourth-order valence-corrected chi connectivity index (χ4v) is 1.33. The van der Waals surface area contributed by atoms with Crippen LogP contribution in [0.5, 0.6) is 0 Å². The molecular weight excluding hydrogens is 198 g/mol. The maximum absolute atomic E-state index is 7.24. The lowest BCUT2D eigenvalue weighted by molar-refractivity contribution is 0.980. The molecule has 0 saturated heterocycles. The monoisotopic (exact) mass is 211 g/mol. The quantitative estimate of drug-likeness (QED) is 0.529. The molecule has 0 spiro atoms. The van der Waals surface area contributed by atoms with Gasteiger partial charge >= 0.3 is 0 Å². The van der Waals surface area contributed by atoms with Gasteiger partial charge in [0.05, 0.1) is 10.7 Å². The van der Waals surface area contributed by atoms with E-state index in [2.05, 4.69) is 12.2 Å². The van der Waals surface area contributed by atoms with Crippen molar-refractivity contribution in [2.75, 3.05) is 11.9 Å². The van der Waals surface area contributed by atoms with Crippen LogP contribution in [-0.2, 0) is 0 Å². The van der Waals surface area contributed by atoms with Crippen LogP contribution < -0.4 is 11.1 Å². The van der Waals surface area contributed by atoms with E-state index in [4.69, 9.17) is 22.7 Å². The molecule has 0 fully saturated rings. The molecular formula is C10H14ClN3. The summed E-state index contributed by atoms with van der Waals surface area (Å²) >= 11 is 5.99. The zero-order valence-electron chi connectivity index (χ0n) is 8.10. The summed E-state index contributed by atoms with van der Waals surface area (Å²) in [6.07, 6.45) is 1.05. The minimum atomic E-state index is 0.0361. The topological polar surface area (TPSA) is 61.9 Å². The Balaban J connectivity index is 2.84. The molecule has 0 amide bonds. The van der Waals surface area contributed by atoms with Gasteiger partial charge in [-0.25, -0.2) is 0 Å². The van der Waals surface area contributed by atoms with Crippen molar-refractivity contribution in [1.29, 1.82) is 5.41 Å². The first-order valence-electron chi connectivity index (χ1n) is 4.53. The average Bonchev–Trinajstić information content (AvgIpc) is 2.15. The van der Waals surface area contributed by atoms with Gasteiger partial charge in [0.15, 0.2) is 0 Å². The summed E-state index contributed by atoms with van der Waals surface area (Å²) in [5.74, 6) is 0.0361. The van der Waals surface area contributed by atoms with Crippen LogP contribution >= 0.6 is 11.6 Å². The summed E-state index contributed by atoms with van der Waals surface area (Å²) in [6, 6.07) is 5.32. The molecule has 1 aromatic carbocycles. The Morgan fingerprint density at radius 2 is 2.29 bits per heavy atom. The van der Waals surface area contributed by atoms with Crippen LogP contribution in [0, 0.1) is 5.41 Å². The van der Waals surface area contributed by atoms with Gasteiger partial charge in [0.25, 0.3) is 0 Å². The third-order valence-corrected chi connectivity index (χ3v) is 2.16. The largest absolute Gasteiger partial charge is 0.384 e. The van der Waals surface area contributed by atoms with E-state index in [1.807, 2.05) is 6.07 Å². The minimum absolute atomic E-state index is 0.0361. The molecule has 0 unspecified atom stereocenters. The number of nitrogens with one attached hydrogen (secondary N) is 2. The van der Waals surface area contributed by atoms with Crippen LogP contribution in [0.2, 0.25) is 5.02 Å². The van der Waals surface area contributed by atoms with E-state index in [0.717, 1.165) is 18.7 Å². The van der Waals surface area contributed by atoms with Crippen molar-refractivity contribution in [3.8, 4) is 0 Å². The van der Waals surface area contributed by atoms with E-state index in [1.165, 1.54) is 0 Å². The van der Waals surface area contributed by atoms with Crippen molar-refractivity contribution < 1.29 is 0 Å². The number of hydrogen-bond acceptors (Lipinski definition) is 2. The molecule has 3 nitrogen and oxygen atoms in total. The first-order chi connectivity index (χ1) is 6.65. The van der Waals surface area contributed by atoms with Crippen LogP contribution in [0.25, 0.3) is 0 Å². The van der Waals surface area contributed by atoms with Gasteiger partial charge in [0.1, 0.15) is 5.84 Å². The Morgan fingerprint density at radius 3 is 2.79 bits per heavy atom. The van der Waals surface area contributed by atoms with Crippen molar-refractivity contribution in [3.63, 3.8) is 0 Å². The third kappa shape index (κ3) is 2.64. The number of nitrogen functional groups attached to an aromatic ring is 1. The molecule has 0 aliphatic carbocycles. The van der Waals surface area contributed by atoms with Crippen LogP contribution in [-0.4, -0.2) is 12.4 Å². The molecule has 4 heteroatoms. The first-order valence-corrected chi connectivity index (χ1v) is 4.90. The molecule has 0 atom stereocenters. The van der Waals surface area contributed by atoms with Crippen molar-refractivity contribution in [1.82, 2.24) is 0 Å². The van der Waals surface area contributed by atoms with Crippen molar-refractivity contribution in [2.45, 2.75) is 13.3 Å². The minimum Gasteiger partial charge on any atom is -0.384 e. The second-order valence-electron chi connectivity index (χ2n) is 3.04. The van der Waals surface area contributed by atoms with Gasteiger partial charge in [0, 0.05) is 12.1 Å². The molecule has 0 aliphatic rings. The third-order valence-electron chi connectivity index (χ3n) is 1.85. The van der Waals surface area contributed by atoms with E-state index in [1.54, 1.807) is 12.1 Å². The fraction of sp³-hybridized carbons (Fsp3) is 0.300. The Labute approximate surface area is 88.8 Å². The van der Waals surface area contributed by atoms with E-state index < -0.39 is 0 Å². The molecule has 0 bridgehead atoms. The molecule has 1 rings (SSSR count). The Bertz CT molecular complexity index is 336. The van der Waals surface area contributed by atoms with Gasteiger partial charge in [-0.15, -0.1) is 0 Å². The Hall–Kier alpha value is -1.22. The van der Waals surface area contributed by atoms with Gasteiger partial charge in [-0.2, -0.15) is 0 Å². The summed E-state index contributed by atoms with van der Waals surface area (Å²) in [4.78, 5) is 0. The Morgan fingerprint density at radius 1 is 1.57 bits per heavy atom. The number of anilines is 1.